The molecule has 1 aromatic heterocycles. The lowest BCUT2D eigenvalue weighted by Gasteiger charge is -2.29. The summed E-state index contributed by atoms with van der Waals surface area (Å²) < 4.78 is 24.8. The van der Waals surface area contributed by atoms with E-state index in [1.807, 2.05) is 13.8 Å². The molecule has 10 heteroatoms. The zero-order valence-electron chi connectivity index (χ0n) is 16.1. The molecule has 7 nitrogen and oxygen atoms in total. The van der Waals surface area contributed by atoms with Crippen LogP contribution in [0.2, 0.25) is 0 Å². The van der Waals surface area contributed by atoms with E-state index in [1.54, 1.807) is 17.6 Å². The molecule has 1 amide bonds. The summed E-state index contributed by atoms with van der Waals surface area (Å²) in [4.78, 5) is 35.7. The monoisotopic (exact) mass is 493 g/mol. The van der Waals surface area contributed by atoms with Gasteiger partial charge in [0, 0.05) is 16.0 Å². The Balaban J connectivity index is 1.88. The fraction of sp³-hybridized carbons (Fsp3) is 0.300. The summed E-state index contributed by atoms with van der Waals surface area (Å²) in [6.45, 7) is 3.97. The lowest BCUT2D eigenvalue weighted by molar-refractivity contribution is -0.140. The van der Waals surface area contributed by atoms with E-state index in [0.29, 0.717) is 20.7 Å². The molecular formula is C20H17BrFN3O4S. The van der Waals surface area contributed by atoms with Crippen LogP contribution in [0.1, 0.15) is 30.5 Å². The van der Waals surface area contributed by atoms with E-state index in [2.05, 4.69) is 25.9 Å². The van der Waals surface area contributed by atoms with E-state index in [-0.39, 0.29) is 30.5 Å². The summed E-state index contributed by atoms with van der Waals surface area (Å²) in [7, 11) is 0. The summed E-state index contributed by atoms with van der Waals surface area (Å²) in [5, 5.41) is 2.27. The third-order valence-corrected chi connectivity index (χ3v) is 5.94. The van der Waals surface area contributed by atoms with Gasteiger partial charge in [0.05, 0.1) is 17.9 Å². The quantitative estimate of drug-likeness (QED) is 0.574. The molecule has 4 rings (SSSR count). The van der Waals surface area contributed by atoms with E-state index in [1.165, 1.54) is 28.4 Å². The number of hydrogen-bond acceptors (Lipinski definition) is 7. The summed E-state index contributed by atoms with van der Waals surface area (Å²) in [6, 6.07) is 3.33. The van der Waals surface area contributed by atoms with Crippen LogP contribution in [0.15, 0.2) is 50.5 Å². The molecule has 1 aromatic carbocycles. The highest BCUT2D eigenvalue weighted by molar-refractivity contribution is 9.10. The maximum Gasteiger partial charge on any atom is 0.420 e. The number of benzene rings is 1. The van der Waals surface area contributed by atoms with Gasteiger partial charge in [-0.2, -0.15) is 0 Å². The number of amidine groups is 1. The molecule has 156 valence electrons. The van der Waals surface area contributed by atoms with Gasteiger partial charge in [-0.25, -0.2) is 23.9 Å². The first-order chi connectivity index (χ1) is 14.4. The Bertz CT molecular complexity index is 1070. The number of amides is 1. The second kappa shape index (κ2) is 8.27. The second-order valence-corrected chi connectivity index (χ2v) is 8.85. The van der Waals surface area contributed by atoms with Crippen LogP contribution < -0.4 is 0 Å². The highest BCUT2D eigenvalue weighted by Crippen LogP contribution is 2.41. The molecule has 30 heavy (non-hydrogen) atoms. The van der Waals surface area contributed by atoms with E-state index in [4.69, 9.17) is 9.47 Å². The van der Waals surface area contributed by atoms with Crippen LogP contribution >= 0.6 is 27.3 Å². The van der Waals surface area contributed by atoms with Gasteiger partial charge in [0.2, 0.25) is 0 Å². The van der Waals surface area contributed by atoms with Crippen LogP contribution in [0.4, 0.5) is 9.18 Å². The van der Waals surface area contributed by atoms with Crippen molar-refractivity contribution in [2.45, 2.75) is 19.9 Å². The molecule has 0 spiro atoms. The predicted octanol–water partition coefficient (Wildman–Crippen LogP) is 4.45. The van der Waals surface area contributed by atoms with E-state index >= 15 is 0 Å². The van der Waals surface area contributed by atoms with E-state index in [9.17, 15) is 14.0 Å². The summed E-state index contributed by atoms with van der Waals surface area (Å²) in [5.74, 6) is -0.608. The van der Waals surface area contributed by atoms with Gasteiger partial charge in [-0.15, -0.1) is 11.3 Å². The molecule has 2 aliphatic heterocycles. The highest BCUT2D eigenvalue weighted by Gasteiger charge is 2.44. The minimum atomic E-state index is -0.820. The zero-order valence-corrected chi connectivity index (χ0v) is 18.5. The number of hydrogen-bond donors (Lipinski definition) is 0. The average Bonchev–Trinajstić information content (AvgIpc) is 3.36. The van der Waals surface area contributed by atoms with Gasteiger partial charge in [-0.1, -0.05) is 35.8 Å². The Morgan fingerprint density at radius 1 is 1.47 bits per heavy atom. The number of ether oxygens (including phenoxy) is 2. The normalized spacial score (nSPS) is 18.4. The Labute approximate surface area is 184 Å². The van der Waals surface area contributed by atoms with Crippen molar-refractivity contribution in [3.63, 3.8) is 0 Å². The van der Waals surface area contributed by atoms with Gasteiger partial charge in [0.25, 0.3) is 0 Å². The standard InChI is InChI=1S/C20H17BrFN3O4S/c1-10(2)8-28-19(26)15-14-9-29-20(27)25(14)17(18-23-5-6-30-18)24-16(15)12-4-3-11(22)7-13(12)21/h3-7,10,16H,8-9H2,1-2H3. The molecule has 1 fully saturated rings. The lowest BCUT2D eigenvalue weighted by atomic mass is 9.95. The molecule has 2 aromatic rings. The molecule has 0 aliphatic carbocycles. The number of carbonyl (C=O) groups is 2. The number of aromatic nitrogens is 1. The van der Waals surface area contributed by atoms with Crippen molar-refractivity contribution >= 4 is 45.2 Å². The van der Waals surface area contributed by atoms with Crippen LogP contribution in [0, 0.1) is 11.7 Å². The first kappa shape index (κ1) is 20.7. The van der Waals surface area contributed by atoms with E-state index < -0.39 is 23.9 Å². The van der Waals surface area contributed by atoms with Crippen LogP contribution in [0.3, 0.4) is 0 Å². The SMILES string of the molecule is CC(C)COC(=O)C1=C2COC(=O)N2C(c2nccs2)=NC1c1ccc(F)cc1Br. The Kier molecular flexibility index (Phi) is 5.70. The number of carbonyl (C=O) groups excluding carboxylic acids is 2. The number of fused-ring (bicyclic) bond motifs is 1. The van der Waals surface area contributed by atoms with Gasteiger partial charge < -0.3 is 9.47 Å². The topological polar surface area (TPSA) is 81.1 Å². The summed E-state index contributed by atoms with van der Waals surface area (Å²) in [5.41, 5.74) is 1.11. The number of nitrogens with zero attached hydrogens (tertiary/aromatic N) is 3. The number of rotatable bonds is 5. The minimum absolute atomic E-state index is 0.0926. The number of thiazole rings is 1. The molecular weight excluding hydrogens is 477 g/mol. The summed E-state index contributed by atoms with van der Waals surface area (Å²) in [6.07, 6.45) is 0.965. The van der Waals surface area contributed by atoms with Gasteiger partial charge >= 0.3 is 12.1 Å². The van der Waals surface area contributed by atoms with Crippen molar-refractivity contribution in [1.82, 2.24) is 9.88 Å². The van der Waals surface area contributed by atoms with Crippen molar-refractivity contribution in [3.8, 4) is 0 Å². The number of aliphatic imine (C=N–C) groups is 1. The van der Waals surface area contributed by atoms with Crippen molar-refractivity contribution in [3.05, 3.63) is 61.9 Å². The van der Waals surface area contributed by atoms with Gasteiger partial charge in [0.1, 0.15) is 18.5 Å². The molecule has 1 unspecified atom stereocenters. The number of cyclic esters (lactones) is 1. The second-order valence-electron chi connectivity index (χ2n) is 7.10. The number of halogens is 2. The van der Waals surface area contributed by atoms with Crippen LogP contribution in [0.5, 0.6) is 0 Å². The lowest BCUT2D eigenvalue weighted by Crippen LogP contribution is -2.37. The molecule has 0 radical (unpaired) electrons. The Morgan fingerprint density at radius 2 is 2.27 bits per heavy atom. The van der Waals surface area contributed by atoms with Gasteiger partial charge in [0.15, 0.2) is 10.8 Å². The molecule has 0 bridgehead atoms. The van der Waals surface area contributed by atoms with Gasteiger partial charge in [-0.3, -0.25) is 4.99 Å². The molecule has 2 aliphatic rings. The molecule has 0 N–H and O–H groups in total. The molecule has 1 saturated heterocycles. The van der Waals surface area contributed by atoms with Crippen LogP contribution in [-0.4, -0.2) is 41.0 Å². The van der Waals surface area contributed by atoms with Crippen molar-refractivity contribution in [2.24, 2.45) is 10.9 Å². The minimum Gasteiger partial charge on any atom is -0.462 e. The van der Waals surface area contributed by atoms with Crippen molar-refractivity contribution < 1.29 is 23.5 Å². The fourth-order valence-electron chi connectivity index (χ4n) is 3.17. The third kappa shape index (κ3) is 3.77. The van der Waals surface area contributed by atoms with Crippen LogP contribution in [-0.2, 0) is 14.3 Å². The van der Waals surface area contributed by atoms with Crippen molar-refractivity contribution in [2.75, 3.05) is 13.2 Å². The predicted molar refractivity (Wildman–Crippen MR) is 112 cm³/mol. The smallest absolute Gasteiger partial charge is 0.420 e. The maximum absolute atomic E-state index is 13.7. The number of esters is 1. The Morgan fingerprint density at radius 3 is 2.93 bits per heavy atom. The third-order valence-electron chi connectivity index (χ3n) is 4.48. The Hall–Kier alpha value is -2.59. The van der Waals surface area contributed by atoms with Crippen LogP contribution in [0.25, 0.3) is 0 Å². The summed E-state index contributed by atoms with van der Waals surface area (Å²) >= 11 is 4.67. The fourth-order valence-corrected chi connectivity index (χ4v) is 4.36. The van der Waals surface area contributed by atoms with Crippen molar-refractivity contribution in [1.29, 1.82) is 0 Å². The average molecular weight is 494 g/mol. The first-order valence-corrected chi connectivity index (χ1v) is 10.8. The zero-order chi connectivity index (χ0) is 21.4. The molecule has 0 saturated carbocycles. The molecule has 3 heterocycles. The highest BCUT2D eigenvalue weighted by atomic mass is 79.9. The maximum atomic E-state index is 13.7. The largest absolute Gasteiger partial charge is 0.462 e. The molecule has 1 atom stereocenters. The van der Waals surface area contributed by atoms with Gasteiger partial charge in [-0.05, 0) is 23.6 Å². The first-order valence-electron chi connectivity index (χ1n) is 9.16. The van der Waals surface area contributed by atoms with E-state index in [0.717, 1.165) is 0 Å².